The molecule has 7 rings (SSSR count). The number of anilines is 2. The van der Waals surface area contributed by atoms with Crippen molar-refractivity contribution in [1.29, 1.82) is 0 Å². The number of phosphoric acid groups is 2. The minimum Gasteiger partial charge on any atom is -0.364 e. The zero-order valence-electron chi connectivity index (χ0n) is 29.7. The number of aromatic nitrogens is 4. The lowest BCUT2D eigenvalue weighted by molar-refractivity contribution is -0.149. The highest BCUT2D eigenvalue weighted by Gasteiger charge is 2.54. The maximum atomic E-state index is 13.0. The highest BCUT2D eigenvalue weighted by molar-refractivity contribution is 7.99. The van der Waals surface area contributed by atoms with Gasteiger partial charge in [0, 0.05) is 24.4 Å². The fourth-order valence-electron chi connectivity index (χ4n) is 6.08. The molecule has 0 bridgehead atoms. The van der Waals surface area contributed by atoms with Crippen LogP contribution in [0, 0.1) is 0 Å². The second-order valence-corrected chi connectivity index (χ2v) is 18.4. The number of fused-ring (bicyclic) bond motifs is 2. The summed E-state index contributed by atoms with van der Waals surface area (Å²) in [7, 11) is -16.2. The topological polar surface area (TPSA) is 235 Å². The van der Waals surface area contributed by atoms with Crippen molar-refractivity contribution in [2.24, 2.45) is 0 Å². The number of nitrogens with one attached hydrogen (secondary N) is 2. The van der Waals surface area contributed by atoms with Crippen LogP contribution in [0.25, 0.3) is 11.2 Å². The van der Waals surface area contributed by atoms with Gasteiger partial charge in [0.05, 0.1) is 12.9 Å². The van der Waals surface area contributed by atoms with Gasteiger partial charge >= 0.3 is 23.4 Å². The summed E-state index contributed by atoms with van der Waals surface area (Å²) < 4.78 is 72.7. The van der Waals surface area contributed by atoms with Crippen LogP contribution in [0.2, 0.25) is 0 Å². The molecule has 2 aliphatic rings. The Bertz CT molecular complexity index is 2250. The summed E-state index contributed by atoms with van der Waals surface area (Å²) >= 11 is 1.48. The Morgan fingerprint density at radius 2 is 1.48 bits per heavy atom. The number of nitrogens with zero attached hydrogens (tertiary/aromatic N) is 4. The number of ether oxygens (including phenoxy) is 3. The lowest BCUT2D eigenvalue weighted by Gasteiger charge is -2.23. The lowest BCUT2D eigenvalue weighted by Crippen LogP contribution is -2.31. The molecule has 0 spiro atoms. The zero-order chi connectivity index (χ0) is 39.3. The fourth-order valence-corrected chi connectivity index (χ4v) is 10.5. The van der Waals surface area contributed by atoms with E-state index in [-0.39, 0.29) is 5.69 Å². The van der Waals surface area contributed by atoms with E-state index in [0.717, 1.165) is 23.3 Å². The molecule has 298 valence electrons. The highest BCUT2D eigenvalue weighted by Crippen LogP contribution is 2.67. The third-order valence-corrected chi connectivity index (χ3v) is 13.9. The number of phosphoric ester groups is 1. The van der Waals surface area contributed by atoms with Crippen LogP contribution in [0.4, 0.5) is 11.5 Å². The summed E-state index contributed by atoms with van der Waals surface area (Å²) in [5, 5.41) is 5.92. The molecular formula is C34H39N6O12P3S. The number of hydrogen-bond acceptors (Lipinski definition) is 14. The normalized spacial score (nSPS) is 23.9. The molecule has 0 saturated carbocycles. The van der Waals surface area contributed by atoms with Crippen LogP contribution < -0.4 is 10.4 Å². The maximum absolute atomic E-state index is 13.0. The first-order valence-electron chi connectivity index (χ1n) is 17.4. The lowest BCUT2D eigenvalue weighted by atomic mass is 10.1. The molecule has 2 aromatic heterocycles. The second-order valence-electron chi connectivity index (χ2n) is 12.6. The van der Waals surface area contributed by atoms with E-state index in [1.807, 2.05) is 65.8 Å². The molecule has 8 atom stereocenters. The standard InChI is InChI=1S/C34H39N6O12P3S/c1-2-18-56-34-37-31(35-20-24-14-8-4-9-15-24)28-32(38-34)40(22-36-28)33-30-29(49-27(50-30)19-23-12-6-3-7-13-23)26(48-33)21-47-54(43,44)52-55(45,46)51-53(41,42)39-25-16-10-5-11-17-25/h3-17,22,26-27,29-30,33H,2,18-21H2,1H3,(H,43,44)(H,45,46)(H,35,37,38)(H2,39,41,42). The molecule has 2 saturated heterocycles. The monoisotopic (exact) mass is 848 g/mol. The van der Waals surface area contributed by atoms with Gasteiger partial charge in [-0.15, -0.1) is 0 Å². The quantitative estimate of drug-likeness (QED) is 0.0352. The van der Waals surface area contributed by atoms with Gasteiger partial charge in [-0.05, 0) is 29.7 Å². The Kier molecular flexibility index (Phi) is 12.7. The minimum atomic E-state index is -5.67. The molecule has 3 aromatic carbocycles. The van der Waals surface area contributed by atoms with E-state index in [9.17, 15) is 28.4 Å². The van der Waals surface area contributed by atoms with Crippen LogP contribution >= 0.6 is 35.2 Å². The van der Waals surface area contributed by atoms with E-state index in [0.29, 0.717) is 35.1 Å². The average molecular weight is 849 g/mol. The zero-order valence-corrected chi connectivity index (χ0v) is 33.2. The Labute approximate surface area is 325 Å². The van der Waals surface area contributed by atoms with Gasteiger partial charge in [0.1, 0.15) is 18.3 Å². The number of imidazole rings is 1. The van der Waals surface area contributed by atoms with Gasteiger partial charge in [-0.3, -0.25) is 14.2 Å². The molecule has 0 radical (unpaired) electrons. The van der Waals surface area contributed by atoms with Crippen LogP contribution in [0.5, 0.6) is 0 Å². The van der Waals surface area contributed by atoms with Crippen molar-refractivity contribution in [1.82, 2.24) is 19.5 Å². The molecule has 0 amide bonds. The predicted molar refractivity (Wildman–Crippen MR) is 205 cm³/mol. The summed E-state index contributed by atoms with van der Waals surface area (Å²) in [5.41, 5.74) is 2.94. The van der Waals surface area contributed by atoms with Crippen molar-refractivity contribution in [2.45, 2.75) is 62.3 Å². The Morgan fingerprint density at radius 3 is 2.18 bits per heavy atom. The van der Waals surface area contributed by atoms with E-state index < -0.39 is 60.8 Å². The third kappa shape index (κ3) is 10.3. The van der Waals surface area contributed by atoms with Crippen LogP contribution in [0.1, 0.15) is 30.7 Å². The SMILES string of the molecule is CCCSc1nc(NCc2ccccc2)c2ncn(C3OC(COP(=O)(O)OP(=O)(O)OP(=O)(O)Nc4ccccc4)C4OC(Cc5ccccc5)OC43)c2n1. The van der Waals surface area contributed by atoms with E-state index in [2.05, 4.69) is 25.8 Å². The van der Waals surface area contributed by atoms with Crippen LogP contribution in [0.3, 0.4) is 0 Å². The van der Waals surface area contributed by atoms with Crippen LogP contribution in [-0.2, 0) is 54.0 Å². The summed E-state index contributed by atoms with van der Waals surface area (Å²) in [4.78, 5) is 45.0. The summed E-state index contributed by atoms with van der Waals surface area (Å²) in [6.45, 7) is 1.84. The van der Waals surface area contributed by atoms with Gasteiger partial charge < -0.3 is 34.2 Å². The van der Waals surface area contributed by atoms with E-state index in [4.69, 9.17) is 28.7 Å². The Hall–Kier alpha value is -3.51. The van der Waals surface area contributed by atoms with Crippen molar-refractivity contribution in [3.05, 3.63) is 108 Å². The number of rotatable bonds is 18. The molecule has 5 N–H and O–H groups in total. The first-order valence-corrected chi connectivity index (χ1v) is 23.0. The molecule has 22 heteroatoms. The first-order chi connectivity index (χ1) is 26.9. The minimum absolute atomic E-state index is 0.0707. The van der Waals surface area contributed by atoms with Gasteiger partial charge in [0.2, 0.25) is 0 Å². The molecular weight excluding hydrogens is 809 g/mol. The molecule has 0 aliphatic carbocycles. The van der Waals surface area contributed by atoms with Gasteiger partial charge in [-0.1, -0.05) is 97.5 Å². The van der Waals surface area contributed by atoms with Crippen molar-refractivity contribution in [2.75, 3.05) is 22.8 Å². The molecule has 4 heterocycles. The Balaban J connectivity index is 1.11. The van der Waals surface area contributed by atoms with Gasteiger partial charge in [-0.2, -0.15) is 8.62 Å². The average Bonchev–Trinajstić information content (AvgIpc) is 3.86. The summed E-state index contributed by atoms with van der Waals surface area (Å²) in [6.07, 6.45) is -1.65. The largest absolute Gasteiger partial charge is 0.489 e. The van der Waals surface area contributed by atoms with Crippen molar-refractivity contribution in [3.8, 4) is 0 Å². The molecule has 18 nitrogen and oxygen atoms in total. The molecule has 8 unspecified atom stereocenters. The molecule has 5 aromatic rings. The predicted octanol–water partition coefficient (Wildman–Crippen LogP) is 6.65. The Morgan fingerprint density at radius 1 is 0.821 bits per heavy atom. The van der Waals surface area contributed by atoms with Gasteiger partial charge in [-0.25, -0.2) is 28.6 Å². The number of benzene rings is 3. The third-order valence-electron chi connectivity index (χ3n) is 8.43. The smallest absolute Gasteiger partial charge is 0.364 e. The fraction of sp³-hybridized carbons (Fsp3) is 0.324. The maximum Gasteiger partial charge on any atom is 0.489 e. The first kappa shape index (κ1) is 40.7. The number of thioether (sulfide) groups is 1. The molecule has 56 heavy (non-hydrogen) atoms. The van der Waals surface area contributed by atoms with Gasteiger partial charge in [0.25, 0.3) is 0 Å². The second kappa shape index (κ2) is 17.5. The van der Waals surface area contributed by atoms with Crippen LogP contribution in [0.15, 0.2) is 102 Å². The van der Waals surface area contributed by atoms with Crippen molar-refractivity contribution < 1.29 is 55.7 Å². The van der Waals surface area contributed by atoms with Crippen LogP contribution in [-0.4, -0.2) is 71.2 Å². The van der Waals surface area contributed by atoms with Crippen molar-refractivity contribution >= 4 is 57.8 Å². The van der Waals surface area contributed by atoms with E-state index in [1.54, 1.807) is 10.6 Å². The van der Waals surface area contributed by atoms with E-state index in [1.165, 1.54) is 42.4 Å². The summed E-state index contributed by atoms with van der Waals surface area (Å²) in [6, 6.07) is 26.8. The van der Waals surface area contributed by atoms with E-state index >= 15 is 0 Å². The number of para-hydroxylation sites is 1. The summed E-state index contributed by atoms with van der Waals surface area (Å²) in [5.74, 6) is 1.28. The highest BCUT2D eigenvalue weighted by atomic mass is 32.2. The van der Waals surface area contributed by atoms with Gasteiger partial charge in [0.15, 0.2) is 34.7 Å². The molecule has 2 aliphatic heterocycles. The van der Waals surface area contributed by atoms with Crippen molar-refractivity contribution in [3.63, 3.8) is 0 Å². The molecule has 2 fully saturated rings. The number of hydrogen-bond donors (Lipinski definition) is 5.